The number of nitrogens with zero attached hydrogens (tertiary/aromatic N) is 1. The van der Waals surface area contributed by atoms with Crippen LogP contribution in [0.25, 0.3) is 10.6 Å². The maximum atomic E-state index is 3.98. The second-order valence-electron chi connectivity index (χ2n) is 3.14. The molecule has 1 nitrogen and oxygen atoms in total. The molecule has 1 heterocycles. The van der Waals surface area contributed by atoms with Crippen LogP contribution in [0.3, 0.4) is 0 Å². The van der Waals surface area contributed by atoms with Gasteiger partial charge in [0.05, 0.1) is 0 Å². The number of aromatic nitrogens is 1. The summed E-state index contributed by atoms with van der Waals surface area (Å²) < 4.78 is 1.08. The van der Waals surface area contributed by atoms with Crippen molar-refractivity contribution in [3.05, 3.63) is 66.0 Å². The Morgan fingerprint density at radius 1 is 1.00 bits per heavy atom. The summed E-state index contributed by atoms with van der Waals surface area (Å²) in [5.74, 6) is 0. The zero-order valence-corrected chi connectivity index (χ0v) is 9.68. The molecule has 0 amide bonds. The molecule has 0 aliphatic rings. The number of pyridine rings is 1. The third-order valence-corrected chi connectivity index (χ3v) is 2.74. The molecule has 0 spiro atoms. The first-order chi connectivity index (χ1) is 7.36. The van der Waals surface area contributed by atoms with Gasteiger partial charge in [0.1, 0.15) is 0 Å². The van der Waals surface area contributed by atoms with E-state index in [1.165, 1.54) is 5.56 Å². The van der Waals surface area contributed by atoms with Crippen LogP contribution in [-0.2, 0) is 0 Å². The number of rotatable bonds is 2. The van der Waals surface area contributed by atoms with Crippen molar-refractivity contribution in [2.45, 2.75) is 0 Å². The molecule has 0 N–H and O–H groups in total. The van der Waals surface area contributed by atoms with E-state index in [-0.39, 0.29) is 0 Å². The van der Waals surface area contributed by atoms with E-state index in [0.717, 1.165) is 10.0 Å². The third kappa shape index (κ3) is 2.77. The Labute approximate surface area is 97.6 Å². The van der Waals surface area contributed by atoms with E-state index >= 15 is 0 Å². The molecular weight excluding hydrogens is 250 g/mol. The van der Waals surface area contributed by atoms with Crippen molar-refractivity contribution in [1.82, 2.24) is 4.98 Å². The van der Waals surface area contributed by atoms with Gasteiger partial charge in [-0.3, -0.25) is 4.98 Å². The highest BCUT2D eigenvalue weighted by molar-refractivity contribution is 9.15. The van der Waals surface area contributed by atoms with Gasteiger partial charge in [-0.2, -0.15) is 0 Å². The lowest BCUT2D eigenvalue weighted by Gasteiger charge is -1.99. The van der Waals surface area contributed by atoms with Crippen molar-refractivity contribution >= 4 is 26.5 Å². The minimum Gasteiger partial charge on any atom is -0.265 e. The Kier molecular flexibility index (Phi) is 3.30. The topological polar surface area (TPSA) is 12.9 Å². The van der Waals surface area contributed by atoms with Crippen LogP contribution in [0.2, 0.25) is 0 Å². The lowest BCUT2D eigenvalue weighted by Crippen LogP contribution is -1.77. The van der Waals surface area contributed by atoms with E-state index in [0.29, 0.717) is 0 Å². The van der Waals surface area contributed by atoms with Crippen molar-refractivity contribution in [3.8, 4) is 0 Å². The van der Waals surface area contributed by atoms with Gasteiger partial charge in [0, 0.05) is 16.9 Å². The molecule has 0 unspecified atom stereocenters. The summed E-state index contributed by atoms with van der Waals surface area (Å²) in [6.45, 7) is 0. The summed E-state index contributed by atoms with van der Waals surface area (Å²) in [5.41, 5.74) is 2.31. The second-order valence-corrected chi connectivity index (χ2v) is 3.99. The molecule has 1 aromatic carbocycles. The molecule has 2 heteroatoms. The first-order valence-corrected chi connectivity index (χ1v) is 5.48. The summed E-state index contributed by atoms with van der Waals surface area (Å²) >= 11 is 3.56. The van der Waals surface area contributed by atoms with Gasteiger partial charge in [-0.15, -0.1) is 0 Å². The SMILES string of the molecule is Br/C(=C\c1ccncc1)c1ccccc1. The van der Waals surface area contributed by atoms with Crippen LogP contribution in [0.5, 0.6) is 0 Å². The van der Waals surface area contributed by atoms with Gasteiger partial charge < -0.3 is 0 Å². The summed E-state index contributed by atoms with van der Waals surface area (Å²) in [7, 11) is 0. The molecule has 0 atom stereocenters. The maximum Gasteiger partial charge on any atom is 0.0273 e. The summed E-state index contributed by atoms with van der Waals surface area (Å²) in [5, 5.41) is 0. The van der Waals surface area contributed by atoms with Gasteiger partial charge in [0.15, 0.2) is 0 Å². The van der Waals surface area contributed by atoms with Crippen LogP contribution in [-0.4, -0.2) is 4.98 Å². The van der Waals surface area contributed by atoms with Gasteiger partial charge in [-0.1, -0.05) is 46.3 Å². The number of benzene rings is 1. The van der Waals surface area contributed by atoms with Crippen LogP contribution in [0.15, 0.2) is 54.9 Å². The van der Waals surface area contributed by atoms with E-state index in [1.54, 1.807) is 12.4 Å². The highest BCUT2D eigenvalue weighted by Gasteiger charge is 1.95. The molecule has 0 radical (unpaired) electrons. The minimum atomic E-state index is 1.08. The third-order valence-electron chi connectivity index (χ3n) is 2.05. The average molecular weight is 260 g/mol. The molecule has 0 saturated carbocycles. The fourth-order valence-electron chi connectivity index (χ4n) is 1.29. The van der Waals surface area contributed by atoms with Gasteiger partial charge in [-0.25, -0.2) is 0 Å². The van der Waals surface area contributed by atoms with Crippen LogP contribution < -0.4 is 0 Å². The highest BCUT2D eigenvalue weighted by Crippen LogP contribution is 2.23. The molecule has 0 saturated heterocycles. The first kappa shape index (κ1) is 10.1. The fourth-order valence-corrected chi connectivity index (χ4v) is 1.82. The molecule has 74 valence electrons. The van der Waals surface area contributed by atoms with Crippen molar-refractivity contribution in [2.24, 2.45) is 0 Å². The lowest BCUT2D eigenvalue weighted by molar-refractivity contribution is 1.32. The Balaban J connectivity index is 2.29. The first-order valence-electron chi connectivity index (χ1n) is 4.69. The van der Waals surface area contributed by atoms with E-state index in [9.17, 15) is 0 Å². The van der Waals surface area contributed by atoms with Gasteiger partial charge in [0.2, 0.25) is 0 Å². The lowest BCUT2D eigenvalue weighted by atomic mass is 10.1. The van der Waals surface area contributed by atoms with Crippen molar-refractivity contribution in [3.63, 3.8) is 0 Å². The van der Waals surface area contributed by atoms with Gasteiger partial charge in [0.25, 0.3) is 0 Å². The summed E-state index contributed by atoms with van der Waals surface area (Å²) in [6.07, 6.45) is 5.66. The molecule has 0 aliphatic heterocycles. The van der Waals surface area contributed by atoms with E-state index < -0.39 is 0 Å². The molecular formula is C13H10BrN. The molecule has 1 aromatic heterocycles. The molecule has 2 aromatic rings. The number of hydrogen-bond acceptors (Lipinski definition) is 1. The Bertz CT molecular complexity index is 448. The monoisotopic (exact) mass is 259 g/mol. The predicted octanol–water partition coefficient (Wildman–Crippen LogP) is 3.97. The highest BCUT2D eigenvalue weighted by atomic mass is 79.9. The predicted molar refractivity (Wildman–Crippen MR) is 67.5 cm³/mol. The van der Waals surface area contributed by atoms with Crippen LogP contribution in [0.4, 0.5) is 0 Å². The molecule has 0 fully saturated rings. The summed E-state index contributed by atoms with van der Waals surface area (Å²) in [4.78, 5) is 3.98. The molecule has 2 rings (SSSR count). The van der Waals surface area contributed by atoms with Crippen LogP contribution in [0, 0.1) is 0 Å². The standard InChI is InChI=1S/C13H10BrN/c14-13(12-4-2-1-3-5-12)10-11-6-8-15-9-7-11/h1-10H/b13-10-. The Morgan fingerprint density at radius 2 is 1.67 bits per heavy atom. The zero-order valence-electron chi connectivity index (χ0n) is 8.10. The Morgan fingerprint density at radius 3 is 2.33 bits per heavy atom. The molecule has 0 bridgehead atoms. The summed E-state index contributed by atoms with van der Waals surface area (Å²) in [6, 6.07) is 14.2. The second kappa shape index (κ2) is 4.89. The Hall–Kier alpha value is -1.41. The van der Waals surface area contributed by atoms with Crippen molar-refractivity contribution in [2.75, 3.05) is 0 Å². The smallest absolute Gasteiger partial charge is 0.0273 e. The molecule has 15 heavy (non-hydrogen) atoms. The van der Waals surface area contributed by atoms with E-state index in [4.69, 9.17) is 0 Å². The maximum absolute atomic E-state index is 3.98. The largest absolute Gasteiger partial charge is 0.265 e. The molecule has 0 aliphatic carbocycles. The van der Waals surface area contributed by atoms with Crippen molar-refractivity contribution in [1.29, 1.82) is 0 Å². The average Bonchev–Trinajstić information content (AvgIpc) is 2.31. The number of hydrogen-bond donors (Lipinski definition) is 0. The van der Waals surface area contributed by atoms with E-state index in [2.05, 4.69) is 39.1 Å². The van der Waals surface area contributed by atoms with E-state index in [1.807, 2.05) is 30.3 Å². The quantitative estimate of drug-likeness (QED) is 0.796. The van der Waals surface area contributed by atoms with Gasteiger partial charge >= 0.3 is 0 Å². The minimum absolute atomic E-state index is 1.08. The van der Waals surface area contributed by atoms with Crippen LogP contribution >= 0.6 is 15.9 Å². The van der Waals surface area contributed by atoms with Crippen LogP contribution in [0.1, 0.15) is 11.1 Å². The van der Waals surface area contributed by atoms with Gasteiger partial charge in [-0.05, 0) is 29.3 Å². The normalized spacial score (nSPS) is 11.4. The number of halogens is 1. The zero-order chi connectivity index (χ0) is 10.5. The fraction of sp³-hybridized carbons (Fsp3) is 0. The van der Waals surface area contributed by atoms with Crippen molar-refractivity contribution < 1.29 is 0 Å².